The second kappa shape index (κ2) is 4.55. The predicted molar refractivity (Wildman–Crippen MR) is 29.2 cm³/mol. The molecule has 48 valence electrons. The fourth-order valence-corrected chi connectivity index (χ4v) is 0.258. The average molecular weight is 118 g/mol. The molecule has 0 radical (unpaired) electrons. The zero-order valence-corrected chi connectivity index (χ0v) is 4.77. The zero-order valence-electron chi connectivity index (χ0n) is 4.77. The van der Waals surface area contributed by atoms with E-state index in [9.17, 15) is 4.79 Å². The summed E-state index contributed by atoms with van der Waals surface area (Å²) in [5.41, 5.74) is 0. The highest BCUT2D eigenvalue weighted by Crippen LogP contribution is 1.56. The minimum Gasteiger partial charge on any atom is -0.381 e. The summed E-state index contributed by atoms with van der Waals surface area (Å²) in [4.78, 5) is 10.3. The first-order valence-corrected chi connectivity index (χ1v) is 2.33. The average Bonchev–Trinajstić information content (AvgIpc) is 1.83. The molecule has 0 aromatic rings. The Bertz CT molecular complexity index is 74.4. The molecule has 0 fully saturated rings. The number of amides is 1. The summed E-state index contributed by atoms with van der Waals surface area (Å²) in [6, 6.07) is 0. The van der Waals surface area contributed by atoms with Gasteiger partial charge in [-0.3, -0.25) is 10.1 Å². The minimum atomic E-state index is -0.159. The number of aliphatic hydroxyl groups excluding tert-OH is 1. The molecule has 0 aliphatic rings. The summed E-state index contributed by atoms with van der Waals surface area (Å²) >= 11 is 0. The van der Waals surface area contributed by atoms with Crippen molar-refractivity contribution < 1.29 is 9.90 Å². The van der Waals surface area contributed by atoms with Crippen molar-refractivity contribution >= 4 is 5.91 Å². The van der Waals surface area contributed by atoms with Crippen LogP contribution in [0.3, 0.4) is 0 Å². The molecule has 8 heavy (non-hydrogen) atoms. The number of rotatable bonds is 3. The van der Waals surface area contributed by atoms with E-state index < -0.39 is 0 Å². The molecule has 0 heterocycles. The SMILES string of the molecule is CNC(=O)CNCO. The van der Waals surface area contributed by atoms with Crippen LogP contribution in [0.15, 0.2) is 0 Å². The summed E-state index contributed by atoms with van der Waals surface area (Å²) in [7, 11) is 1.54. The van der Waals surface area contributed by atoms with Crippen LogP contribution in [0.5, 0.6) is 0 Å². The van der Waals surface area contributed by atoms with Gasteiger partial charge in [-0.15, -0.1) is 0 Å². The van der Waals surface area contributed by atoms with Crippen molar-refractivity contribution in [2.45, 2.75) is 0 Å². The van der Waals surface area contributed by atoms with Crippen LogP contribution >= 0.6 is 0 Å². The van der Waals surface area contributed by atoms with Gasteiger partial charge in [0.05, 0.1) is 13.3 Å². The third-order valence-electron chi connectivity index (χ3n) is 0.676. The molecule has 0 atom stereocenters. The molecular formula is C4H10N2O2. The first-order chi connectivity index (χ1) is 3.81. The highest BCUT2D eigenvalue weighted by molar-refractivity contribution is 5.77. The molecular weight excluding hydrogens is 108 g/mol. The molecule has 4 nitrogen and oxygen atoms in total. The van der Waals surface area contributed by atoms with Crippen molar-refractivity contribution in [1.82, 2.24) is 10.6 Å². The number of hydrogen-bond acceptors (Lipinski definition) is 3. The topological polar surface area (TPSA) is 61.4 Å². The Morgan fingerprint density at radius 1 is 1.75 bits per heavy atom. The standard InChI is InChI=1S/C4H10N2O2/c1-5-4(8)2-6-3-7/h6-7H,2-3H2,1H3,(H,5,8). The number of aliphatic hydroxyl groups is 1. The first-order valence-electron chi connectivity index (χ1n) is 2.33. The number of carbonyl (C=O) groups is 1. The monoisotopic (exact) mass is 118 g/mol. The Kier molecular flexibility index (Phi) is 4.20. The number of nitrogens with one attached hydrogen (secondary N) is 2. The van der Waals surface area contributed by atoms with Gasteiger partial charge in [0.15, 0.2) is 0 Å². The van der Waals surface area contributed by atoms with E-state index in [0.29, 0.717) is 0 Å². The van der Waals surface area contributed by atoms with Crippen LogP contribution in [0.1, 0.15) is 0 Å². The smallest absolute Gasteiger partial charge is 0.233 e. The summed E-state index contributed by atoms with van der Waals surface area (Å²) in [6.07, 6.45) is 0. The lowest BCUT2D eigenvalue weighted by molar-refractivity contribution is -0.120. The van der Waals surface area contributed by atoms with Gasteiger partial charge in [-0.05, 0) is 0 Å². The normalized spacial score (nSPS) is 8.75. The fraction of sp³-hybridized carbons (Fsp3) is 0.750. The van der Waals surface area contributed by atoms with Gasteiger partial charge in [-0.1, -0.05) is 0 Å². The molecule has 1 amide bonds. The largest absolute Gasteiger partial charge is 0.381 e. The predicted octanol–water partition coefficient (Wildman–Crippen LogP) is -1.73. The molecule has 0 unspecified atom stereocenters. The first kappa shape index (κ1) is 7.39. The van der Waals surface area contributed by atoms with Gasteiger partial charge in [0.1, 0.15) is 0 Å². The Labute approximate surface area is 47.9 Å². The van der Waals surface area contributed by atoms with Gasteiger partial charge in [0.25, 0.3) is 0 Å². The fourth-order valence-electron chi connectivity index (χ4n) is 0.258. The van der Waals surface area contributed by atoms with Crippen LogP contribution in [0.2, 0.25) is 0 Å². The molecule has 3 N–H and O–H groups in total. The molecule has 4 heteroatoms. The molecule has 0 aromatic carbocycles. The summed E-state index contributed by atoms with van der Waals surface area (Å²) < 4.78 is 0. The lowest BCUT2D eigenvalue weighted by Crippen LogP contribution is -2.31. The van der Waals surface area contributed by atoms with Gasteiger partial charge >= 0.3 is 0 Å². The van der Waals surface area contributed by atoms with E-state index in [1.54, 1.807) is 7.05 Å². The quantitative estimate of drug-likeness (QED) is 0.386. The second-order valence-corrected chi connectivity index (χ2v) is 1.26. The van der Waals surface area contributed by atoms with Crippen LogP contribution in [0, 0.1) is 0 Å². The van der Waals surface area contributed by atoms with Gasteiger partial charge in [-0.25, -0.2) is 0 Å². The zero-order chi connectivity index (χ0) is 6.41. The third-order valence-corrected chi connectivity index (χ3v) is 0.676. The van der Waals surface area contributed by atoms with Crippen LogP contribution in [0.4, 0.5) is 0 Å². The van der Waals surface area contributed by atoms with Crippen molar-refractivity contribution in [3.8, 4) is 0 Å². The lowest BCUT2D eigenvalue weighted by atomic mass is 10.6. The third kappa shape index (κ3) is 3.58. The van der Waals surface area contributed by atoms with E-state index >= 15 is 0 Å². The van der Waals surface area contributed by atoms with E-state index in [0.717, 1.165) is 0 Å². The van der Waals surface area contributed by atoms with Crippen LogP contribution in [-0.2, 0) is 4.79 Å². The number of hydrogen-bond donors (Lipinski definition) is 3. The van der Waals surface area contributed by atoms with E-state index in [4.69, 9.17) is 5.11 Å². The van der Waals surface area contributed by atoms with Crippen LogP contribution < -0.4 is 10.6 Å². The molecule has 0 aromatic heterocycles. The minimum absolute atomic E-state index is 0.126. The maximum absolute atomic E-state index is 10.3. The van der Waals surface area contributed by atoms with Gasteiger partial charge in [-0.2, -0.15) is 0 Å². The molecule has 0 rings (SSSR count). The van der Waals surface area contributed by atoms with Gasteiger partial charge in [0, 0.05) is 7.05 Å². The molecule has 0 saturated carbocycles. The summed E-state index contributed by atoms with van der Waals surface area (Å²) in [5, 5.41) is 12.9. The van der Waals surface area contributed by atoms with E-state index in [2.05, 4.69) is 10.6 Å². The second-order valence-electron chi connectivity index (χ2n) is 1.26. The highest BCUT2D eigenvalue weighted by Gasteiger charge is 1.91. The van der Waals surface area contributed by atoms with Crippen LogP contribution in [0.25, 0.3) is 0 Å². The Balaban J connectivity index is 2.99. The number of likely N-dealkylation sites (N-methyl/N-ethyl adjacent to an activating group) is 1. The molecule has 0 aliphatic heterocycles. The highest BCUT2D eigenvalue weighted by atomic mass is 16.3. The number of carbonyl (C=O) groups excluding carboxylic acids is 1. The molecule has 0 spiro atoms. The van der Waals surface area contributed by atoms with Crippen molar-refractivity contribution in [3.63, 3.8) is 0 Å². The van der Waals surface area contributed by atoms with Crippen molar-refractivity contribution in [1.29, 1.82) is 0 Å². The van der Waals surface area contributed by atoms with E-state index in [1.165, 1.54) is 0 Å². The molecule has 0 aliphatic carbocycles. The summed E-state index contributed by atoms with van der Waals surface area (Å²) in [6.45, 7) is 0.0143. The summed E-state index contributed by atoms with van der Waals surface area (Å²) in [5.74, 6) is -0.126. The van der Waals surface area contributed by atoms with Crippen molar-refractivity contribution in [3.05, 3.63) is 0 Å². The van der Waals surface area contributed by atoms with Gasteiger partial charge < -0.3 is 10.4 Å². The lowest BCUT2D eigenvalue weighted by Gasteiger charge is -1.96. The molecule has 0 saturated heterocycles. The Hall–Kier alpha value is -0.610. The van der Waals surface area contributed by atoms with Crippen molar-refractivity contribution in [2.75, 3.05) is 20.3 Å². The Morgan fingerprint density at radius 2 is 2.38 bits per heavy atom. The Morgan fingerprint density at radius 3 is 2.75 bits per heavy atom. The van der Waals surface area contributed by atoms with Crippen LogP contribution in [-0.4, -0.2) is 31.3 Å². The molecule has 0 bridgehead atoms. The van der Waals surface area contributed by atoms with E-state index in [1.807, 2.05) is 0 Å². The van der Waals surface area contributed by atoms with Gasteiger partial charge in [0.2, 0.25) is 5.91 Å². The van der Waals surface area contributed by atoms with Crippen molar-refractivity contribution in [2.24, 2.45) is 0 Å². The maximum atomic E-state index is 10.3. The maximum Gasteiger partial charge on any atom is 0.233 e. The van der Waals surface area contributed by atoms with E-state index in [-0.39, 0.29) is 19.2 Å².